The molecule has 0 amide bonds. The van der Waals surface area contributed by atoms with Gasteiger partial charge in [0.1, 0.15) is 5.01 Å². The maximum absolute atomic E-state index is 6.09. The molecule has 2 rings (SSSR count). The minimum atomic E-state index is 0.0954. The fourth-order valence-electron chi connectivity index (χ4n) is 1.73. The lowest BCUT2D eigenvalue weighted by atomic mass is 10.1. The molecular formula is C13H14BrClN2S. The molecular weight excluding hydrogens is 332 g/mol. The summed E-state index contributed by atoms with van der Waals surface area (Å²) >= 11 is 11.3. The summed E-state index contributed by atoms with van der Waals surface area (Å²) in [6.45, 7) is 3.10. The summed E-state index contributed by atoms with van der Waals surface area (Å²) in [5.41, 5.74) is 1.13. The van der Waals surface area contributed by atoms with Gasteiger partial charge in [0.05, 0.1) is 6.04 Å². The highest BCUT2D eigenvalue weighted by molar-refractivity contribution is 9.10. The minimum absolute atomic E-state index is 0.0954. The van der Waals surface area contributed by atoms with E-state index < -0.39 is 0 Å². The minimum Gasteiger partial charge on any atom is -0.304 e. The van der Waals surface area contributed by atoms with Crippen molar-refractivity contribution in [3.63, 3.8) is 0 Å². The van der Waals surface area contributed by atoms with Crippen LogP contribution in [0.5, 0.6) is 0 Å². The van der Waals surface area contributed by atoms with Crippen LogP contribution in [0.3, 0.4) is 0 Å². The molecule has 1 heterocycles. The highest BCUT2D eigenvalue weighted by atomic mass is 79.9. The van der Waals surface area contributed by atoms with Gasteiger partial charge in [-0.1, -0.05) is 34.5 Å². The van der Waals surface area contributed by atoms with Gasteiger partial charge in [-0.3, -0.25) is 0 Å². The Bertz CT molecular complexity index is 502. The van der Waals surface area contributed by atoms with Gasteiger partial charge in [-0.2, -0.15) is 0 Å². The quantitative estimate of drug-likeness (QED) is 0.853. The zero-order valence-electron chi connectivity index (χ0n) is 9.99. The summed E-state index contributed by atoms with van der Waals surface area (Å²) in [5.74, 6) is 0. The number of thiazole rings is 1. The lowest BCUT2D eigenvalue weighted by Crippen LogP contribution is -2.23. The Morgan fingerprint density at radius 2 is 2.33 bits per heavy atom. The number of halogens is 2. The van der Waals surface area contributed by atoms with Crippen LogP contribution in [0.2, 0.25) is 5.02 Å². The Labute approximate surface area is 125 Å². The predicted molar refractivity (Wildman–Crippen MR) is 81.4 cm³/mol. The Morgan fingerprint density at radius 1 is 1.50 bits per heavy atom. The van der Waals surface area contributed by atoms with Crippen molar-refractivity contribution in [3.8, 4) is 0 Å². The van der Waals surface area contributed by atoms with Crippen molar-refractivity contribution in [2.45, 2.75) is 19.4 Å². The maximum Gasteiger partial charge on any atom is 0.114 e. The number of rotatable bonds is 5. The lowest BCUT2D eigenvalue weighted by Gasteiger charge is -2.18. The Hall–Kier alpha value is -0.420. The van der Waals surface area contributed by atoms with E-state index >= 15 is 0 Å². The first kappa shape index (κ1) is 14.0. The van der Waals surface area contributed by atoms with Crippen LogP contribution in [-0.4, -0.2) is 11.5 Å². The molecule has 0 spiro atoms. The van der Waals surface area contributed by atoms with E-state index in [2.05, 4.69) is 33.2 Å². The van der Waals surface area contributed by atoms with Crippen LogP contribution in [-0.2, 0) is 0 Å². The second-order valence-electron chi connectivity index (χ2n) is 3.92. The number of benzene rings is 1. The second-order valence-corrected chi connectivity index (χ2v) is 6.14. The van der Waals surface area contributed by atoms with Crippen LogP contribution in [0.25, 0.3) is 0 Å². The molecule has 5 heteroatoms. The molecule has 2 nitrogen and oxygen atoms in total. The smallest absolute Gasteiger partial charge is 0.114 e. The van der Waals surface area contributed by atoms with Crippen LogP contribution in [0.4, 0.5) is 0 Å². The van der Waals surface area contributed by atoms with E-state index in [-0.39, 0.29) is 6.04 Å². The predicted octanol–water partition coefficient (Wildman–Crippen LogP) is 4.65. The molecule has 1 aromatic heterocycles. The van der Waals surface area contributed by atoms with Gasteiger partial charge in [0.25, 0.3) is 0 Å². The Morgan fingerprint density at radius 3 is 3.00 bits per heavy atom. The highest BCUT2D eigenvalue weighted by Gasteiger charge is 2.18. The number of aromatic nitrogens is 1. The highest BCUT2D eigenvalue weighted by Crippen LogP contribution is 2.31. The zero-order valence-corrected chi connectivity index (χ0v) is 13.1. The van der Waals surface area contributed by atoms with Crippen LogP contribution in [0.1, 0.15) is 30.0 Å². The van der Waals surface area contributed by atoms with Crippen molar-refractivity contribution in [1.29, 1.82) is 0 Å². The number of hydrogen-bond donors (Lipinski definition) is 1. The molecule has 0 saturated carbocycles. The SMILES string of the molecule is CCCNC(c1nccs1)c1cc(Cl)ccc1Br. The van der Waals surface area contributed by atoms with Gasteiger partial charge in [-0.05, 0) is 36.7 Å². The topological polar surface area (TPSA) is 24.9 Å². The summed E-state index contributed by atoms with van der Waals surface area (Å²) < 4.78 is 1.05. The average Bonchev–Trinajstić information content (AvgIpc) is 2.88. The monoisotopic (exact) mass is 344 g/mol. The van der Waals surface area contributed by atoms with Crippen molar-refractivity contribution in [1.82, 2.24) is 10.3 Å². The van der Waals surface area contributed by atoms with Crippen molar-refractivity contribution in [2.24, 2.45) is 0 Å². The lowest BCUT2D eigenvalue weighted by molar-refractivity contribution is 0.594. The number of nitrogens with one attached hydrogen (secondary N) is 1. The standard InChI is InChI=1S/C13H14BrClN2S/c1-2-5-16-12(13-17-6-7-18-13)10-8-9(15)3-4-11(10)14/h3-4,6-8,12,16H,2,5H2,1H3. The molecule has 96 valence electrons. The third-order valence-electron chi connectivity index (χ3n) is 2.57. The van der Waals surface area contributed by atoms with E-state index in [1.54, 1.807) is 11.3 Å². The van der Waals surface area contributed by atoms with Gasteiger partial charge in [0, 0.05) is 21.1 Å². The first-order chi connectivity index (χ1) is 8.72. The summed E-state index contributed by atoms with van der Waals surface area (Å²) in [5, 5.41) is 7.31. The van der Waals surface area contributed by atoms with E-state index in [0.29, 0.717) is 0 Å². The van der Waals surface area contributed by atoms with Gasteiger partial charge in [0.15, 0.2) is 0 Å². The first-order valence-electron chi connectivity index (χ1n) is 5.80. The molecule has 1 N–H and O–H groups in total. The molecule has 0 aliphatic rings. The molecule has 0 fully saturated rings. The average molecular weight is 346 g/mol. The van der Waals surface area contributed by atoms with Crippen molar-refractivity contribution in [2.75, 3.05) is 6.54 Å². The van der Waals surface area contributed by atoms with Gasteiger partial charge in [0.2, 0.25) is 0 Å². The molecule has 1 aromatic carbocycles. The van der Waals surface area contributed by atoms with Gasteiger partial charge in [-0.15, -0.1) is 11.3 Å². The molecule has 0 aliphatic heterocycles. The normalized spacial score (nSPS) is 12.6. The molecule has 0 aliphatic carbocycles. The van der Waals surface area contributed by atoms with Gasteiger partial charge < -0.3 is 5.32 Å². The van der Waals surface area contributed by atoms with E-state index in [1.165, 1.54) is 0 Å². The third-order valence-corrected chi connectivity index (χ3v) is 4.36. The fourth-order valence-corrected chi connectivity index (χ4v) is 3.12. The Balaban J connectivity index is 2.36. The molecule has 2 aromatic rings. The van der Waals surface area contributed by atoms with E-state index in [1.807, 2.05) is 29.8 Å². The van der Waals surface area contributed by atoms with E-state index in [0.717, 1.165) is 33.0 Å². The van der Waals surface area contributed by atoms with Crippen LogP contribution < -0.4 is 5.32 Å². The number of hydrogen-bond acceptors (Lipinski definition) is 3. The molecule has 0 saturated heterocycles. The Kier molecular flexibility index (Phi) is 5.18. The maximum atomic E-state index is 6.09. The first-order valence-corrected chi connectivity index (χ1v) is 7.85. The summed E-state index contributed by atoms with van der Waals surface area (Å²) in [7, 11) is 0. The van der Waals surface area contributed by atoms with E-state index in [4.69, 9.17) is 11.6 Å². The van der Waals surface area contributed by atoms with E-state index in [9.17, 15) is 0 Å². The summed E-state index contributed by atoms with van der Waals surface area (Å²) in [6.07, 6.45) is 2.92. The van der Waals surface area contributed by atoms with Crippen LogP contribution >= 0.6 is 38.9 Å². The molecule has 1 atom stereocenters. The molecule has 18 heavy (non-hydrogen) atoms. The van der Waals surface area contributed by atoms with Gasteiger partial charge in [-0.25, -0.2) is 4.98 Å². The van der Waals surface area contributed by atoms with Crippen molar-refractivity contribution in [3.05, 3.63) is 49.8 Å². The van der Waals surface area contributed by atoms with Crippen LogP contribution in [0, 0.1) is 0 Å². The molecule has 0 radical (unpaired) electrons. The van der Waals surface area contributed by atoms with Crippen molar-refractivity contribution < 1.29 is 0 Å². The van der Waals surface area contributed by atoms with Crippen molar-refractivity contribution >= 4 is 38.9 Å². The zero-order chi connectivity index (χ0) is 13.0. The summed E-state index contributed by atoms with van der Waals surface area (Å²) in [4.78, 5) is 4.41. The van der Waals surface area contributed by atoms with Crippen LogP contribution in [0.15, 0.2) is 34.2 Å². The third kappa shape index (κ3) is 3.32. The van der Waals surface area contributed by atoms with Gasteiger partial charge >= 0.3 is 0 Å². The molecule has 0 bridgehead atoms. The largest absolute Gasteiger partial charge is 0.304 e. The second kappa shape index (κ2) is 6.66. The number of nitrogens with zero attached hydrogens (tertiary/aromatic N) is 1. The summed E-state index contributed by atoms with van der Waals surface area (Å²) in [6, 6.07) is 5.94. The fraction of sp³-hybridized carbons (Fsp3) is 0.308. The molecule has 1 unspecified atom stereocenters.